The van der Waals surface area contributed by atoms with E-state index in [1.807, 2.05) is 13.8 Å². The van der Waals surface area contributed by atoms with Crippen LogP contribution in [0.4, 0.5) is 0 Å². The summed E-state index contributed by atoms with van der Waals surface area (Å²) in [4.78, 5) is 17.0. The van der Waals surface area contributed by atoms with Crippen LogP contribution < -0.4 is 11.3 Å². The number of aromatic nitrogens is 2. The maximum Gasteiger partial charge on any atom is 0.221 e. The van der Waals surface area contributed by atoms with Crippen molar-refractivity contribution < 1.29 is 4.79 Å². The molecule has 0 atom stereocenters. The molecule has 0 aliphatic carbocycles. The Morgan fingerprint density at radius 1 is 1.33 bits per heavy atom. The van der Waals surface area contributed by atoms with Gasteiger partial charge in [0.25, 0.3) is 0 Å². The molecule has 1 aromatic rings. The molecule has 5 nitrogen and oxygen atoms in total. The lowest BCUT2D eigenvalue weighted by Crippen LogP contribution is -2.18. The fourth-order valence-corrected chi connectivity index (χ4v) is 0.477. The Labute approximate surface area is 71.0 Å². The van der Waals surface area contributed by atoms with E-state index in [9.17, 15) is 0 Å². The smallest absolute Gasteiger partial charge is 0.221 e. The highest BCUT2D eigenvalue weighted by Gasteiger charge is 1.87. The van der Waals surface area contributed by atoms with Crippen LogP contribution >= 0.6 is 0 Å². The number of hydrogen-bond donors (Lipinski definition) is 2. The quantitative estimate of drug-likeness (QED) is 0.261. The molecule has 0 spiro atoms. The van der Waals surface area contributed by atoms with Crippen LogP contribution in [0, 0.1) is 13.8 Å². The number of nitrogens with two attached hydrogens (primary N) is 1. The number of rotatable bonds is 1. The number of carbonyl (C=O) groups is 1. The summed E-state index contributed by atoms with van der Waals surface area (Å²) in [6.07, 6.45) is 3.80. The van der Waals surface area contributed by atoms with Crippen LogP contribution in [0.25, 0.3) is 0 Å². The van der Waals surface area contributed by atoms with Gasteiger partial charge in [-0.2, -0.15) is 0 Å². The Bertz CT molecular complexity index is 218. The molecule has 66 valence electrons. The van der Waals surface area contributed by atoms with Crippen molar-refractivity contribution in [2.45, 2.75) is 13.8 Å². The van der Waals surface area contributed by atoms with Gasteiger partial charge in [-0.1, -0.05) is 0 Å². The van der Waals surface area contributed by atoms with Crippen LogP contribution in [-0.4, -0.2) is 16.4 Å². The molecule has 0 bridgehead atoms. The van der Waals surface area contributed by atoms with Crippen LogP contribution in [0.1, 0.15) is 11.4 Å². The third-order valence-electron chi connectivity index (χ3n) is 1.19. The monoisotopic (exact) mass is 168 g/mol. The summed E-state index contributed by atoms with van der Waals surface area (Å²) in [5, 5.41) is 0. The number of hydrazine groups is 1. The summed E-state index contributed by atoms with van der Waals surface area (Å²) in [6.45, 7) is 3.89. The van der Waals surface area contributed by atoms with E-state index in [0.717, 1.165) is 11.4 Å². The number of amides is 1. The highest BCUT2D eigenvalue weighted by Crippen LogP contribution is 1.93. The first-order valence-corrected chi connectivity index (χ1v) is 3.36. The van der Waals surface area contributed by atoms with E-state index in [-0.39, 0.29) is 0 Å². The summed E-state index contributed by atoms with van der Waals surface area (Å²) in [5.74, 6) is 4.41. The summed E-state index contributed by atoms with van der Waals surface area (Å²) < 4.78 is 0. The van der Waals surface area contributed by atoms with E-state index in [0.29, 0.717) is 6.41 Å². The molecule has 12 heavy (non-hydrogen) atoms. The number of carbonyl (C=O) groups excluding carboxylic acids is 1. The molecule has 0 aromatic carbocycles. The van der Waals surface area contributed by atoms with Gasteiger partial charge >= 0.3 is 0 Å². The molecular formula is C7H12N4O. The van der Waals surface area contributed by atoms with Gasteiger partial charge in [-0.25, -0.2) is 5.84 Å². The Morgan fingerprint density at radius 2 is 1.67 bits per heavy atom. The zero-order valence-corrected chi connectivity index (χ0v) is 7.11. The van der Waals surface area contributed by atoms with Crippen molar-refractivity contribution in [1.29, 1.82) is 0 Å². The van der Waals surface area contributed by atoms with Crippen molar-refractivity contribution in [2.24, 2.45) is 5.84 Å². The zero-order chi connectivity index (χ0) is 9.40. The van der Waals surface area contributed by atoms with Crippen LogP contribution in [0.3, 0.4) is 0 Å². The molecule has 0 aliphatic rings. The lowest BCUT2D eigenvalue weighted by molar-refractivity contribution is -0.109. The fourth-order valence-electron chi connectivity index (χ4n) is 0.477. The van der Waals surface area contributed by atoms with Gasteiger partial charge in [0.05, 0.1) is 11.4 Å². The predicted octanol–water partition coefficient (Wildman–Crippen LogP) is -0.300. The minimum Gasteiger partial charge on any atom is -0.297 e. The first-order chi connectivity index (χ1) is 5.72. The topological polar surface area (TPSA) is 80.9 Å². The number of nitrogens with zero attached hydrogens (tertiary/aromatic N) is 2. The lowest BCUT2D eigenvalue weighted by atomic mass is 10.4. The van der Waals surface area contributed by atoms with Gasteiger partial charge in [-0.05, 0) is 13.8 Å². The third-order valence-corrected chi connectivity index (χ3v) is 1.19. The van der Waals surface area contributed by atoms with Gasteiger partial charge in [0.1, 0.15) is 0 Å². The molecule has 0 unspecified atom stereocenters. The highest BCUT2D eigenvalue weighted by molar-refractivity contribution is 5.44. The van der Waals surface area contributed by atoms with Gasteiger partial charge in [0.15, 0.2) is 0 Å². The van der Waals surface area contributed by atoms with Crippen molar-refractivity contribution in [3.8, 4) is 0 Å². The van der Waals surface area contributed by atoms with E-state index >= 15 is 0 Å². The van der Waals surface area contributed by atoms with Gasteiger partial charge < -0.3 is 0 Å². The third kappa shape index (κ3) is 4.35. The zero-order valence-electron chi connectivity index (χ0n) is 7.11. The second-order valence-electron chi connectivity index (χ2n) is 2.01. The Morgan fingerprint density at radius 3 is 1.83 bits per heavy atom. The molecule has 0 fully saturated rings. The van der Waals surface area contributed by atoms with Gasteiger partial charge in [-0.3, -0.25) is 20.2 Å². The van der Waals surface area contributed by atoms with E-state index < -0.39 is 0 Å². The number of aryl methyl sites for hydroxylation is 2. The van der Waals surface area contributed by atoms with Gasteiger partial charge in [-0.15, -0.1) is 0 Å². The highest BCUT2D eigenvalue weighted by atomic mass is 16.1. The van der Waals surface area contributed by atoms with Crippen molar-refractivity contribution in [2.75, 3.05) is 0 Å². The molecular weight excluding hydrogens is 156 g/mol. The Hall–Kier alpha value is -1.49. The molecule has 1 aromatic heterocycles. The molecule has 0 saturated heterocycles. The maximum absolute atomic E-state index is 8.94. The normalized spacial score (nSPS) is 7.92. The first-order valence-electron chi connectivity index (χ1n) is 3.36. The Kier molecular flexibility index (Phi) is 5.46. The molecule has 1 rings (SSSR count). The van der Waals surface area contributed by atoms with Crippen molar-refractivity contribution in [3.05, 3.63) is 23.8 Å². The molecule has 1 heterocycles. The average Bonchev–Trinajstić information content (AvgIpc) is 2.11. The van der Waals surface area contributed by atoms with E-state index in [2.05, 4.69) is 15.8 Å². The van der Waals surface area contributed by atoms with Crippen LogP contribution in [0.2, 0.25) is 0 Å². The predicted molar refractivity (Wildman–Crippen MR) is 44.9 cm³/mol. The standard InChI is InChI=1S/C6H8N2.CH4N2O/c1-5-6(2)8-4-3-7-5;2-3-1-4/h3-4H,1-2H3;1H,2H2,(H,3,4). The van der Waals surface area contributed by atoms with E-state index in [4.69, 9.17) is 4.79 Å². The molecule has 0 saturated carbocycles. The fraction of sp³-hybridized carbons (Fsp3) is 0.286. The number of hydrogen-bond acceptors (Lipinski definition) is 4. The summed E-state index contributed by atoms with van der Waals surface area (Å²) in [5.41, 5.74) is 3.76. The Balaban J connectivity index is 0.000000261. The lowest BCUT2D eigenvalue weighted by Gasteiger charge is -1.91. The van der Waals surface area contributed by atoms with Crippen molar-refractivity contribution >= 4 is 6.41 Å². The van der Waals surface area contributed by atoms with Crippen LogP contribution in [-0.2, 0) is 4.79 Å². The average molecular weight is 168 g/mol. The second-order valence-corrected chi connectivity index (χ2v) is 2.01. The molecule has 1 amide bonds. The van der Waals surface area contributed by atoms with Crippen LogP contribution in [0.15, 0.2) is 12.4 Å². The minimum absolute atomic E-state index is 0.403. The largest absolute Gasteiger partial charge is 0.297 e. The second kappa shape index (κ2) is 6.23. The molecule has 5 heteroatoms. The van der Waals surface area contributed by atoms with Gasteiger partial charge in [0.2, 0.25) is 6.41 Å². The van der Waals surface area contributed by atoms with Gasteiger partial charge in [0, 0.05) is 12.4 Å². The SMILES string of the molecule is Cc1nccnc1C.NNC=O. The molecule has 3 N–H and O–H groups in total. The van der Waals surface area contributed by atoms with Crippen molar-refractivity contribution in [3.63, 3.8) is 0 Å². The molecule has 0 radical (unpaired) electrons. The van der Waals surface area contributed by atoms with Crippen LogP contribution in [0.5, 0.6) is 0 Å². The van der Waals surface area contributed by atoms with E-state index in [1.165, 1.54) is 0 Å². The molecule has 0 aliphatic heterocycles. The number of nitrogens with one attached hydrogen (secondary N) is 1. The minimum atomic E-state index is 0.403. The summed E-state index contributed by atoms with van der Waals surface area (Å²) in [6, 6.07) is 0. The van der Waals surface area contributed by atoms with E-state index in [1.54, 1.807) is 17.8 Å². The first kappa shape index (κ1) is 10.5. The summed E-state index contributed by atoms with van der Waals surface area (Å²) in [7, 11) is 0. The summed E-state index contributed by atoms with van der Waals surface area (Å²) >= 11 is 0. The maximum atomic E-state index is 8.94. The van der Waals surface area contributed by atoms with Crippen molar-refractivity contribution in [1.82, 2.24) is 15.4 Å².